The van der Waals surface area contributed by atoms with Gasteiger partial charge in [-0.2, -0.15) is 0 Å². The largest absolute Gasteiger partial charge is 0.299 e. The van der Waals surface area contributed by atoms with Crippen LogP contribution in [-0.2, 0) is 10.2 Å². The highest BCUT2D eigenvalue weighted by Crippen LogP contribution is 2.26. The summed E-state index contributed by atoms with van der Waals surface area (Å²) in [4.78, 5) is 12.4. The maximum Gasteiger partial charge on any atom is 0.142 e. The van der Waals surface area contributed by atoms with E-state index in [2.05, 4.69) is 19.1 Å². The zero-order valence-electron chi connectivity index (χ0n) is 13.5. The van der Waals surface area contributed by atoms with E-state index in [1.807, 2.05) is 32.0 Å². The van der Waals surface area contributed by atoms with Gasteiger partial charge in [0.15, 0.2) is 0 Å². The van der Waals surface area contributed by atoms with Gasteiger partial charge in [-0.05, 0) is 25.8 Å². The Morgan fingerprint density at radius 3 is 2.05 bits per heavy atom. The highest BCUT2D eigenvalue weighted by molar-refractivity contribution is 5.89. The molecule has 0 atom stereocenters. The summed E-state index contributed by atoms with van der Waals surface area (Å²) < 4.78 is 0. The van der Waals surface area contributed by atoms with Crippen LogP contribution in [0.15, 0.2) is 30.3 Å². The van der Waals surface area contributed by atoms with Crippen LogP contribution in [0, 0.1) is 0 Å². The monoisotopic (exact) mass is 274 g/mol. The zero-order chi connectivity index (χ0) is 14.8. The van der Waals surface area contributed by atoms with Crippen molar-refractivity contribution in [2.24, 2.45) is 0 Å². The van der Waals surface area contributed by atoms with Crippen LogP contribution in [0.3, 0.4) is 0 Å². The number of Topliss-reactive ketones (excluding diaryl/α,β-unsaturated/α-hetero) is 1. The molecule has 0 spiro atoms. The van der Waals surface area contributed by atoms with E-state index in [4.69, 9.17) is 0 Å². The van der Waals surface area contributed by atoms with Crippen LogP contribution in [0.1, 0.15) is 77.7 Å². The van der Waals surface area contributed by atoms with Crippen molar-refractivity contribution in [2.45, 2.75) is 77.6 Å². The average molecular weight is 274 g/mol. The van der Waals surface area contributed by atoms with Crippen LogP contribution in [0.2, 0.25) is 0 Å². The van der Waals surface area contributed by atoms with Gasteiger partial charge in [-0.15, -0.1) is 0 Å². The Labute approximate surface area is 124 Å². The minimum absolute atomic E-state index is 0.344. The van der Waals surface area contributed by atoms with Crippen molar-refractivity contribution in [1.82, 2.24) is 0 Å². The molecule has 0 heterocycles. The summed E-state index contributed by atoms with van der Waals surface area (Å²) in [6.07, 6.45) is 9.55. The molecule has 0 aliphatic heterocycles. The SMILES string of the molecule is CCCCCCCCCC(=O)C(C)(C)c1ccccc1. The Hall–Kier alpha value is -1.11. The van der Waals surface area contributed by atoms with Gasteiger partial charge in [-0.3, -0.25) is 4.79 Å². The van der Waals surface area contributed by atoms with E-state index in [-0.39, 0.29) is 5.41 Å². The van der Waals surface area contributed by atoms with Gasteiger partial charge >= 0.3 is 0 Å². The molecule has 0 amide bonds. The Bertz CT molecular complexity index is 378. The van der Waals surface area contributed by atoms with Crippen molar-refractivity contribution >= 4 is 5.78 Å². The number of hydrogen-bond acceptors (Lipinski definition) is 1. The molecule has 0 aliphatic rings. The van der Waals surface area contributed by atoms with E-state index >= 15 is 0 Å². The number of hydrogen-bond donors (Lipinski definition) is 0. The van der Waals surface area contributed by atoms with E-state index in [9.17, 15) is 4.79 Å². The van der Waals surface area contributed by atoms with Crippen molar-refractivity contribution in [2.75, 3.05) is 0 Å². The van der Waals surface area contributed by atoms with Gasteiger partial charge in [0, 0.05) is 11.8 Å². The van der Waals surface area contributed by atoms with E-state index < -0.39 is 0 Å². The maximum absolute atomic E-state index is 12.4. The summed E-state index contributed by atoms with van der Waals surface area (Å²) in [6, 6.07) is 10.1. The van der Waals surface area contributed by atoms with Gasteiger partial charge in [-0.25, -0.2) is 0 Å². The Kier molecular flexibility index (Phi) is 7.58. The molecule has 1 rings (SSSR count). The minimum Gasteiger partial charge on any atom is -0.299 e. The fourth-order valence-electron chi connectivity index (χ4n) is 2.57. The van der Waals surface area contributed by atoms with Crippen molar-refractivity contribution in [1.29, 1.82) is 0 Å². The second-order valence-corrected chi connectivity index (χ2v) is 6.29. The first kappa shape index (κ1) is 16.9. The molecule has 1 aromatic rings. The zero-order valence-corrected chi connectivity index (χ0v) is 13.5. The van der Waals surface area contributed by atoms with Gasteiger partial charge in [0.1, 0.15) is 5.78 Å². The molecule has 0 radical (unpaired) electrons. The molecule has 0 bridgehead atoms. The lowest BCUT2D eigenvalue weighted by Gasteiger charge is -2.23. The average Bonchev–Trinajstić information content (AvgIpc) is 2.47. The molecule has 0 aliphatic carbocycles. The molecule has 0 fully saturated rings. The molecule has 0 unspecified atom stereocenters. The quantitative estimate of drug-likeness (QED) is 0.502. The predicted molar refractivity (Wildman–Crippen MR) is 87.1 cm³/mol. The van der Waals surface area contributed by atoms with Gasteiger partial charge in [0.25, 0.3) is 0 Å². The standard InChI is InChI=1S/C19H30O/c1-4-5-6-7-8-9-13-16-18(20)19(2,3)17-14-11-10-12-15-17/h10-12,14-15H,4-9,13,16H2,1-3H3. The fraction of sp³-hybridized carbons (Fsp3) is 0.632. The highest BCUT2D eigenvalue weighted by atomic mass is 16.1. The molecule has 112 valence electrons. The third-order valence-corrected chi connectivity index (χ3v) is 4.20. The van der Waals surface area contributed by atoms with E-state index in [1.54, 1.807) is 0 Å². The molecule has 1 heteroatoms. The van der Waals surface area contributed by atoms with Crippen LogP contribution in [-0.4, -0.2) is 5.78 Å². The fourth-order valence-corrected chi connectivity index (χ4v) is 2.57. The van der Waals surface area contributed by atoms with E-state index in [0.29, 0.717) is 5.78 Å². The molecule has 0 aromatic heterocycles. The van der Waals surface area contributed by atoms with Crippen molar-refractivity contribution in [3.8, 4) is 0 Å². The highest BCUT2D eigenvalue weighted by Gasteiger charge is 2.28. The number of benzene rings is 1. The summed E-state index contributed by atoms with van der Waals surface area (Å²) in [6.45, 7) is 6.34. The topological polar surface area (TPSA) is 17.1 Å². The number of rotatable bonds is 10. The second-order valence-electron chi connectivity index (χ2n) is 6.29. The lowest BCUT2D eigenvalue weighted by atomic mass is 9.79. The summed E-state index contributed by atoms with van der Waals surface area (Å²) in [5, 5.41) is 0. The second kappa shape index (κ2) is 8.94. The molecule has 0 N–H and O–H groups in total. The number of ketones is 1. The Balaban J connectivity index is 2.28. The van der Waals surface area contributed by atoms with Gasteiger partial charge in [0.05, 0.1) is 0 Å². The molecule has 20 heavy (non-hydrogen) atoms. The maximum atomic E-state index is 12.4. The third kappa shape index (κ3) is 5.48. The van der Waals surface area contributed by atoms with Gasteiger partial charge in [-0.1, -0.05) is 75.8 Å². The van der Waals surface area contributed by atoms with Crippen molar-refractivity contribution in [3.05, 3.63) is 35.9 Å². The number of carbonyl (C=O) groups is 1. The Morgan fingerprint density at radius 2 is 1.45 bits per heavy atom. The van der Waals surface area contributed by atoms with Crippen molar-refractivity contribution in [3.63, 3.8) is 0 Å². The lowest BCUT2D eigenvalue weighted by Crippen LogP contribution is -2.28. The summed E-state index contributed by atoms with van der Waals surface area (Å²) in [5.41, 5.74) is 0.789. The lowest BCUT2D eigenvalue weighted by molar-refractivity contribution is -0.123. The molecular weight excluding hydrogens is 244 g/mol. The molecule has 1 nitrogen and oxygen atoms in total. The van der Waals surface area contributed by atoms with Gasteiger partial charge < -0.3 is 0 Å². The smallest absolute Gasteiger partial charge is 0.142 e. The summed E-state index contributed by atoms with van der Waals surface area (Å²) >= 11 is 0. The first-order valence-electron chi connectivity index (χ1n) is 8.18. The van der Waals surface area contributed by atoms with Crippen LogP contribution in [0.25, 0.3) is 0 Å². The summed E-state index contributed by atoms with van der Waals surface area (Å²) in [7, 11) is 0. The first-order chi connectivity index (χ1) is 9.59. The summed E-state index contributed by atoms with van der Waals surface area (Å²) in [5.74, 6) is 0.372. The third-order valence-electron chi connectivity index (χ3n) is 4.20. The van der Waals surface area contributed by atoms with Gasteiger partial charge in [0.2, 0.25) is 0 Å². The minimum atomic E-state index is -0.344. The Morgan fingerprint density at radius 1 is 0.900 bits per heavy atom. The molecular formula is C19H30O. The normalized spacial score (nSPS) is 11.6. The first-order valence-corrected chi connectivity index (χ1v) is 8.18. The van der Waals surface area contributed by atoms with Crippen LogP contribution < -0.4 is 0 Å². The van der Waals surface area contributed by atoms with Crippen LogP contribution in [0.5, 0.6) is 0 Å². The van der Waals surface area contributed by atoms with E-state index in [0.717, 1.165) is 18.4 Å². The van der Waals surface area contributed by atoms with Crippen LogP contribution in [0.4, 0.5) is 0 Å². The molecule has 0 saturated heterocycles. The van der Waals surface area contributed by atoms with Crippen LogP contribution >= 0.6 is 0 Å². The number of carbonyl (C=O) groups excluding carboxylic acids is 1. The van der Waals surface area contributed by atoms with E-state index in [1.165, 1.54) is 38.5 Å². The predicted octanol–water partition coefficient (Wildman–Crippen LogP) is 5.67. The molecule has 0 saturated carbocycles. The number of unbranched alkanes of at least 4 members (excludes halogenated alkanes) is 6. The molecule has 1 aromatic carbocycles. The van der Waals surface area contributed by atoms with Crippen molar-refractivity contribution < 1.29 is 4.79 Å².